The molecule has 1 unspecified atom stereocenters. The van der Waals surface area contributed by atoms with Gasteiger partial charge >= 0.3 is 6.18 Å². The Kier molecular flexibility index (Phi) is 5.12. The van der Waals surface area contributed by atoms with Crippen LogP contribution in [0, 0.1) is 0 Å². The summed E-state index contributed by atoms with van der Waals surface area (Å²) in [7, 11) is 0. The second-order valence-corrected chi connectivity index (χ2v) is 6.25. The molecular weight excluding hydrogens is 335 g/mol. The van der Waals surface area contributed by atoms with Gasteiger partial charge in [-0.15, -0.1) is 0 Å². The number of halogens is 3. The Labute approximate surface area is 143 Å². The van der Waals surface area contributed by atoms with E-state index in [4.69, 9.17) is 10.5 Å². The van der Waals surface area contributed by atoms with Gasteiger partial charge in [-0.2, -0.15) is 13.2 Å². The number of anilines is 2. The molecule has 1 heterocycles. The van der Waals surface area contributed by atoms with Crippen molar-refractivity contribution in [3.05, 3.63) is 42.1 Å². The summed E-state index contributed by atoms with van der Waals surface area (Å²) in [5, 5.41) is 13.1. The first-order valence-corrected chi connectivity index (χ1v) is 7.56. The maximum Gasteiger partial charge on any atom is 0.417 e. The molecule has 0 amide bonds. The number of aromatic nitrogens is 1. The number of hydrogen-bond donors (Lipinski definition) is 3. The summed E-state index contributed by atoms with van der Waals surface area (Å²) in [4.78, 5) is 3.66. The van der Waals surface area contributed by atoms with E-state index >= 15 is 0 Å². The fourth-order valence-electron chi connectivity index (χ4n) is 1.86. The van der Waals surface area contributed by atoms with Crippen molar-refractivity contribution in [2.45, 2.75) is 38.6 Å². The van der Waals surface area contributed by atoms with E-state index in [9.17, 15) is 18.3 Å². The van der Waals surface area contributed by atoms with Crippen LogP contribution in [0.4, 0.5) is 24.5 Å². The Morgan fingerprint density at radius 2 is 1.88 bits per heavy atom. The van der Waals surface area contributed by atoms with Crippen molar-refractivity contribution in [3.63, 3.8) is 0 Å². The van der Waals surface area contributed by atoms with Crippen molar-refractivity contribution >= 4 is 11.4 Å². The number of nitrogens with one attached hydrogen (secondary N) is 1. The predicted octanol–water partition coefficient (Wildman–Crippen LogP) is 4.05. The van der Waals surface area contributed by atoms with Crippen LogP contribution in [-0.2, 0) is 6.18 Å². The molecule has 0 saturated heterocycles. The van der Waals surface area contributed by atoms with E-state index in [0.29, 0.717) is 23.3 Å². The van der Waals surface area contributed by atoms with Gasteiger partial charge in [-0.1, -0.05) is 0 Å². The van der Waals surface area contributed by atoms with Crippen LogP contribution < -0.4 is 15.8 Å². The first-order chi connectivity index (χ1) is 11.5. The van der Waals surface area contributed by atoms with Crippen molar-refractivity contribution in [2.24, 2.45) is 0 Å². The molecule has 2 aromatic rings. The number of hydrogen-bond acceptors (Lipinski definition) is 5. The lowest BCUT2D eigenvalue weighted by molar-refractivity contribution is -0.137. The van der Waals surface area contributed by atoms with Crippen LogP contribution in [0.25, 0.3) is 0 Å². The molecule has 136 valence electrons. The van der Waals surface area contributed by atoms with Crippen molar-refractivity contribution in [3.8, 4) is 11.6 Å². The molecular formula is C17H20F3N3O2. The molecule has 0 radical (unpaired) electrons. The summed E-state index contributed by atoms with van der Waals surface area (Å²) in [6.07, 6.45) is -3.74. The Hall–Kier alpha value is -2.48. The Bertz CT molecular complexity index is 725. The fraction of sp³-hybridized carbons (Fsp3) is 0.353. The number of pyridine rings is 1. The van der Waals surface area contributed by atoms with Gasteiger partial charge in [-0.05, 0) is 39.0 Å². The average Bonchev–Trinajstić information content (AvgIpc) is 2.49. The molecule has 0 fully saturated rings. The van der Waals surface area contributed by atoms with Crippen LogP contribution >= 0.6 is 0 Å². The van der Waals surface area contributed by atoms with Gasteiger partial charge in [-0.3, -0.25) is 0 Å². The molecule has 0 aliphatic heterocycles. The molecule has 25 heavy (non-hydrogen) atoms. The highest BCUT2D eigenvalue weighted by atomic mass is 19.4. The molecule has 1 atom stereocenters. The highest BCUT2D eigenvalue weighted by molar-refractivity contribution is 5.68. The molecule has 0 aliphatic carbocycles. The lowest BCUT2D eigenvalue weighted by Crippen LogP contribution is -2.39. The predicted molar refractivity (Wildman–Crippen MR) is 89.5 cm³/mol. The smallest absolute Gasteiger partial charge is 0.417 e. The van der Waals surface area contributed by atoms with Crippen LogP contribution in [0.2, 0.25) is 0 Å². The summed E-state index contributed by atoms with van der Waals surface area (Å²) in [6.45, 7) is 5.12. The third kappa shape index (κ3) is 4.99. The van der Waals surface area contributed by atoms with E-state index in [0.717, 1.165) is 12.1 Å². The van der Waals surface area contributed by atoms with Gasteiger partial charge in [0.15, 0.2) is 0 Å². The zero-order valence-corrected chi connectivity index (χ0v) is 14.1. The molecule has 1 aromatic carbocycles. The van der Waals surface area contributed by atoms with Crippen LogP contribution in [0.5, 0.6) is 11.6 Å². The normalized spacial score (nSPS) is 13.4. The summed E-state index contributed by atoms with van der Waals surface area (Å²) < 4.78 is 43.1. The minimum atomic E-state index is -4.45. The first-order valence-electron chi connectivity index (χ1n) is 7.56. The molecule has 0 spiro atoms. The van der Waals surface area contributed by atoms with Crippen molar-refractivity contribution in [2.75, 3.05) is 11.1 Å². The molecule has 0 saturated carbocycles. The Morgan fingerprint density at radius 1 is 1.20 bits per heavy atom. The van der Waals surface area contributed by atoms with Gasteiger partial charge in [0, 0.05) is 18.3 Å². The molecule has 1 aromatic heterocycles. The number of alkyl halides is 3. The standard InChI is InChI=1S/C17H20F3N3O2/c1-10(16(2,3)24)23-14-8-12(5-6-13(14)21)25-15-7-4-11(9-22-15)17(18,19)20/h4-10,23-24H,21H2,1-3H3. The number of nitrogens with two attached hydrogens (primary N) is 1. The van der Waals surface area contributed by atoms with E-state index in [1.807, 2.05) is 0 Å². The minimum absolute atomic E-state index is 0.0271. The number of ether oxygens (including phenoxy) is 1. The summed E-state index contributed by atoms with van der Waals surface area (Å²) in [5.41, 5.74) is 5.07. The summed E-state index contributed by atoms with van der Waals surface area (Å²) in [5.74, 6) is 0.381. The monoisotopic (exact) mass is 355 g/mol. The van der Waals surface area contributed by atoms with Gasteiger partial charge in [-0.25, -0.2) is 4.98 Å². The largest absolute Gasteiger partial charge is 0.439 e. The number of nitrogen functional groups attached to an aromatic ring is 1. The molecule has 8 heteroatoms. The van der Waals surface area contributed by atoms with Crippen molar-refractivity contribution < 1.29 is 23.0 Å². The second kappa shape index (κ2) is 6.79. The van der Waals surface area contributed by atoms with Crippen LogP contribution in [0.3, 0.4) is 0 Å². The molecule has 0 aliphatic rings. The van der Waals surface area contributed by atoms with Crippen molar-refractivity contribution in [1.29, 1.82) is 0 Å². The van der Waals surface area contributed by atoms with E-state index in [2.05, 4.69) is 10.3 Å². The average molecular weight is 355 g/mol. The second-order valence-electron chi connectivity index (χ2n) is 6.25. The SMILES string of the molecule is CC(Nc1cc(Oc2ccc(C(F)(F)F)cn2)ccc1N)C(C)(C)O. The van der Waals surface area contributed by atoms with Gasteiger partial charge in [0.05, 0.1) is 28.6 Å². The van der Waals surface area contributed by atoms with Crippen LogP contribution in [0.15, 0.2) is 36.5 Å². The molecule has 2 rings (SSSR count). The fourth-order valence-corrected chi connectivity index (χ4v) is 1.86. The van der Waals surface area contributed by atoms with E-state index in [1.165, 1.54) is 0 Å². The minimum Gasteiger partial charge on any atom is -0.439 e. The third-order valence-electron chi connectivity index (χ3n) is 3.74. The quantitative estimate of drug-likeness (QED) is 0.705. The molecule has 4 N–H and O–H groups in total. The zero-order valence-electron chi connectivity index (χ0n) is 14.1. The third-order valence-corrected chi connectivity index (χ3v) is 3.74. The van der Waals surface area contributed by atoms with Crippen LogP contribution in [-0.4, -0.2) is 21.7 Å². The lowest BCUT2D eigenvalue weighted by atomic mass is 10.0. The maximum absolute atomic E-state index is 12.5. The van der Waals surface area contributed by atoms with Gasteiger partial charge in [0.1, 0.15) is 5.75 Å². The Balaban J connectivity index is 2.17. The maximum atomic E-state index is 12.5. The van der Waals surface area contributed by atoms with Gasteiger partial charge < -0.3 is 20.9 Å². The van der Waals surface area contributed by atoms with E-state index < -0.39 is 17.3 Å². The van der Waals surface area contributed by atoms with E-state index in [1.54, 1.807) is 39.0 Å². The van der Waals surface area contributed by atoms with Crippen LogP contribution in [0.1, 0.15) is 26.3 Å². The highest BCUT2D eigenvalue weighted by Gasteiger charge is 2.30. The zero-order chi connectivity index (χ0) is 18.8. The lowest BCUT2D eigenvalue weighted by Gasteiger charge is -2.28. The number of rotatable bonds is 5. The topological polar surface area (TPSA) is 80.4 Å². The Morgan fingerprint density at radius 3 is 2.40 bits per heavy atom. The molecule has 5 nitrogen and oxygen atoms in total. The number of aliphatic hydroxyl groups is 1. The highest BCUT2D eigenvalue weighted by Crippen LogP contribution is 2.32. The number of nitrogens with zero attached hydrogens (tertiary/aromatic N) is 1. The summed E-state index contributed by atoms with van der Waals surface area (Å²) >= 11 is 0. The van der Waals surface area contributed by atoms with Gasteiger partial charge in [0.25, 0.3) is 0 Å². The summed E-state index contributed by atoms with van der Waals surface area (Å²) in [6, 6.07) is 6.51. The molecule has 0 bridgehead atoms. The number of benzene rings is 1. The van der Waals surface area contributed by atoms with E-state index in [-0.39, 0.29) is 11.9 Å². The first kappa shape index (κ1) is 18.9. The van der Waals surface area contributed by atoms with Gasteiger partial charge in [0.2, 0.25) is 5.88 Å². The van der Waals surface area contributed by atoms with Crippen molar-refractivity contribution in [1.82, 2.24) is 4.98 Å².